The van der Waals surface area contributed by atoms with Crippen molar-refractivity contribution in [2.45, 2.75) is 43.0 Å². The van der Waals surface area contributed by atoms with Crippen LogP contribution in [0.2, 0.25) is 0 Å². The van der Waals surface area contributed by atoms with E-state index in [4.69, 9.17) is 5.84 Å². The summed E-state index contributed by atoms with van der Waals surface area (Å²) >= 11 is 0. The molecule has 0 saturated heterocycles. The molecule has 106 valence electrons. The zero-order chi connectivity index (χ0) is 13.9. The summed E-state index contributed by atoms with van der Waals surface area (Å²) in [4.78, 5) is 4.02. The maximum absolute atomic E-state index is 12.6. The first-order chi connectivity index (χ1) is 9.07. The van der Waals surface area contributed by atoms with Crippen LogP contribution in [0.15, 0.2) is 23.4 Å². The molecule has 1 aliphatic carbocycles. The van der Waals surface area contributed by atoms with Gasteiger partial charge in [0.2, 0.25) is 10.0 Å². The highest BCUT2D eigenvalue weighted by Crippen LogP contribution is 2.28. The van der Waals surface area contributed by atoms with Crippen LogP contribution in [0, 0.1) is 0 Å². The summed E-state index contributed by atoms with van der Waals surface area (Å²) in [6, 6.07) is 1.63. The summed E-state index contributed by atoms with van der Waals surface area (Å²) in [5.41, 5.74) is 2.79. The van der Waals surface area contributed by atoms with E-state index in [1.54, 1.807) is 13.1 Å². The molecule has 7 heteroatoms. The fourth-order valence-corrected chi connectivity index (χ4v) is 4.01. The predicted octanol–water partition coefficient (Wildman–Crippen LogP) is 1.32. The van der Waals surface area contributed by atoms with Crippen LogP contribution < -0.4 is 11.3 Å². The lowest BCUT2D eigenvalue weighted by Crippen LogP contribution is -2.38. The van der Waals surface area contributed by atoms with E-state index in [2.05, 4.69) is 10.4 Å². The molecule has 0 spiro atoms. The van der Waals surface area contributed by atoms with Crippen molar-refractivity contribution in [2.24, 2.45) is 5.84 Å². The van der Waals surface area contributed by atoms with Crippen LogP contribution in [0.1, 0.15) is 32.1 Å². The van der Waals surface area contributed by atoms with E-state index in [9.17, 15) is 8.42 Å². The molecule has 19 heavy (non-hydrogen) atoms. The molecule has 0 unspecified atom stereocenters. The molecule has 0 aromatic carbocycles. The number of hydrazine groups is 1. The Kier molecular flexibility index (Phi) is 4.38. The quantitative estimate of drug-likeness (QED) is 0.643. The predicted molar refractivity (Wildman–Crippen MR) is 73.9 cm³/mol. The fourth-order valence-electron chi connectivity index (χ4n) is 2.50. The first-order valence-corrected chi connectivity index (χ1v) is 7.90. The average molecular weight is 284 g/mol. The molecule has 6 nitrogen and oxygen atoms in total. The van der Waals surface area contributed by atoms with Gasteiger partial charge in [-0.15, -0.1) is 0 Å². The number of sulfonamides is 1. The molecule has 2 rings (SSSR count). The SMILES string of the molecule is CN(C1CCCCC1)S(=O)(=O)c1cnccc1NN. The Morgan fingerprint density at radius 2 is 2.05 bits per heavy atom. The van der Waals surface area contributed by atoms with E-state index in [-0.39, 0.29) is 10.9 Å². The van der Waals surface area contributed by atoms with Gasteiger partial charge in [-0.25, -0.2) is 8.42 Å². The second-order valence-corrected chi connectivity index (χ2v) is 6.80. The van der Waals surface area contributed by atoms with E-state index in [1.807, 2.05) is 0 Å². The Bertz CT molecular complexity index is 526. The largest absolute Gasteiger partial charge is 0.323 e. The first-order valence-electron chi connectivity index (χ1n) is 6.46. The van der Waals surface area contributed by atoms with Crippen LogP contribution in [0.4, 0.5) is 5.69 Å². The number of hydrogen-bond acceptors (Lipinski definition) is 5. The number of pyridine rings is 1. The van der Waals surface area contributed by atoms with Crippen LogP contribution in [0.5, 0.6) is 0 Å². The Labute approximate surface area is 114 Å². The minimum atomic E-state index is -3.55. The van der Waals surface area contributed by atoms with Crippen molar-refractivity contribution in [3.05, 3.63) is 18.5 Å². The second-order valence-electron chi connectivity index (χ2n) is 4.83. The van der Waals surface area contributed by atoms with E-state index in [0.717, 1.165) is 25.7 Å². The number of nitrogens with zero attached hydrogens (tertiary/aromatic N) is 2. The Hall–Kier alpha value is -1.18. The van der Waals surface area contributed by atoms with Crippen molar-refractivity contribution in [1.29, 1.82) is 0 Å². The fraction of sp³-hybridized carbons (Fsp3) is 0.583. The van der Waals surface area contributed by atoms with Gasteiger partial charge < -0.3 is 5.43 Å². The van der Waals surface area contributed by atoms with Crippen molar-refractivity contribution in [3.63, 3.8) is 0 Å². The van der Waals surface area contributed by atoms with Gasteiger partial charge in [0.25, 0.3) is 0 Å². The molecule has 1 aliphatic rings. The highest BCUT2D eigenvalue weighted by atomic mass is 32.2. The van der Waals surface area contributed by atoms with Crippen molar-refractivity contribution in [3.8, 4) is 0 Å². The maximum atomic E-state index is 12.6. The van der Waals surface area contributed by atoms with Crippen LogP contribution in [-0.4, -0.2) is 30.8 Å². The van der Waals surface area contributed by atoms with Crippen molar-refractivity contribution >= 4 is 15.7 Å². The van der Waals surface area contributed by atoms with Gasteiger partial charge in [-0.3, -0.25) is 10.8 Å². The molecule has 1 aromatic heterocycles. The maximum Gasteiger partial charge on any atom is 0.246 e. The summed E-state index contributed by atoms with van der Waals surface area (Å²) in [7, 11) is -1.92. The summed E-state index contributed by atoms with van der Waals surface area (Å²) in [5, 5.41) is 0. The van der Waals surface area contributed by atoms with Gasteiger partial charge in [-0.05, 0) is 18.9 Å². The molecule has 0 aliphatic heterocycles. The van der Waals surface area contributed by atoms with Crippen LogP contribution in [-0.2, 0) is 10.0 Å². The smallest absolute Gasteiger partial charge is 0.246 e. The topological polar surface area (TPSA) is 88.3 Å². The highest BCUT2D eigenvalue weighted by Gasteiger charge is 2.30. The number of aromatic nitrogens is 1. The molecule has 0 radical (unpaired) electrons. The molecule has 1 saturated carbocycles. The first kappa shape index (κ1) is 14.2. The zero-order valence-corrected chi connectivity index (χ0v) is 11.9. The number of rotatable bonds is 4. The Morgan fingerprint density at radius 1 is 1.37 bits per heavy atom. The second kappa shape index (κ2) is 5.85. The van der Waals surface area contributed by atoms with Gasteiger partial charge >= 0.3 is 0 Å². The zero-order valence-electron chi connectivity index (χ0n) is 11.0. The van der Waals surface area contributed by atoms with Gasteiger partial charge in [-0.1, -0.05) is 19.3 Å². The highest BCUT2D eigenvalue weighted by molar-refractivity contribution is 7.89. The molecule has 1 heterocycles. The number of nitrogens with two attached hydrogens (primary N) is 1. The van der Waals surface area contributed by atoms with Crippen LogP contribution >= 0.6 is 0 Å². The van der Waals surface area contributed by atoms with E-state index >= 15 is 0 Å². The van der Waals surface area contributed by atoms with E-state index in [1.165, 1.54) is 23.1 Å². The monoisotopic (exact) mass is 284 g/mol. The van der Waals surface area contributed by atoms with Crippen molar-refractivity contribution < 1.29 is 8.42 Å². The van der Waals surface area contributed by atoms with Crippen molar-refractivity contribution in [1.82, 2.24) is 9.29 Å². The number of anilines is 1. The molecule has 0 bridgehead atoms. The summed E-state index contributed by atoms with van der Waals surface area (Å²) in [5.74, 6) is 5.37. The van der Waals surface area contributed by atoms with Gasteiger partial charge in [-0.2, -0.15) is 4.31 Å². The molecular weight excluding hydrogens is 264 g/mol. The number of nitrogen functional groups attached to an aromatic ring is 1. The molecular formula is C12H20N4O2S. The Morgan fingerprint density at radius 3 is 2.68 bits per heavy atom. The summed E-state index contributed by atoms with van der Waals surface area (Å²) in [6.45, 7) is 0. The molecule has 0 amide bonds. The van der Waals surface area contributed by atoms with E-state index in [0.29, 0.717) is 5.69 Å². The van der Waals surface area contributed by atoms with Crippen LogP contribution in [0.25, 0.3) is 0 Å². The third-order valence-corrected chi connectivity index (χ3v) is 5.62. The minimum Gasteiger partial charge on any atom is -0.323 e. The van der Waals surface area contributed by atoms with E-state index < -0.39 is 10.0 Å². The van der Waals surface area contributed by atoms with Gasteiger partial charge in [0, 0.05) is 25.5 Å². The van der Waals surface area contributed by atoms with Crippen molar-refractivity contribution in [2.75, 3.05) is 12.5 Å². The molecule has 1 fully saturated rings. The summed E-state index contributed by atoms with van der Waals surface area (Å²) < 4.78 is 26.7. The van der Waals surface area contributed by atoms with Gasteiger partial charge in [0.1, 0.15) is 4.90 Å². The van der Waals surface area contributed by atoms with Gasteiger partial charge in [0.05, 0.1) is 5.69 Å². The minimum absolute atomic E-state index is 0.0737. The number of nitrogens with one attached hydrogen (secondary N) is 1. The molecule has 1 aromatic rings. The average Bonchev–Trinajstić information content (AvgIpc) is 2.47. The molecule has 3 N–H and O–H groups in total. The van der Waals surface area contributed by atoms with Gasteiger partial charge in [0.15, 0.2) is 0 Å². The third-order valence-electron chi connectivity index (χ3n) is 3.69. The third kappa shape index (κ3) is 2.88. The summed E-state index contributed by atoms with van der Waals surface area (Å²) in [6.07, 6.45) is 8.04. The lowest BCUT2D eigenvalue weighted by atomic mass is 9.96. The lowest BCUT2D eigenvalue weighted by Gasteiger charge is -2.30. The Balaban J connectivity index is 2.30. The number of hydrogen-bond donors (Lipinski definition) is 2. The standard InChI is InChI=1S/C12H20N4O2S/c1-16(10-5-3-2-4-6-10)19(17,18)12-9-14-8-7-11(12)15-13/h7-10H,2-6,13H2,1H3,(H,14,15). The normalized spacial score (nSPS) is 17.6. The van der Waals surface area contributed by atoms with Crippen LogP contribution in [0.3, 0.4) is 0 Å². The molecule has 0 atom stereocenters. The lowest BCUT2D eigenvalue weighted by molar-refractivity contribution is 0.286.